The molecule has 0 heteroatoms. The maximum absolute atomic E-state index is 2.43. The van der Waals surface area contributed by atoms with Gasteiger partial charge in [0.15, 0.2) is 0 Å². The summed E-state index contributed by atoms with van der Waals surface area (Å²) in [6.45, 7) is 9.70. The van der Waals surface area contributed by atoms with Gasteiger partial charge in [-0.1, -0.05) is 27.7 Å². The monoisotopic (exact) mass is 180 g/mol. The molecule has 0 radical (unpaired) electrons. The molecule has 0 spiro atoms. The third-order valence-electron chi connectivity index (χ3n) is 4.54. The van der Waals surface area contributed by atoms with E-state index in [9.17, 15) is 0 Å². The predicted molar refractivity (Wildman–Crippen MR) is 57.5 cm³/mol. The lowest BCUT2D eigenvalue weighted by molar-refractivity contribution is -0.0443. The number of hydrogen-bond acceptors (Lipinski definition) is 0. The lowest BCUT2D eigenvalue weighted by Crippen LogP contribution is -2.46. The quantitative estimate of drug-likeness (QED) is 0.603. The summed E-state index contributed by atoms with van der Waals surface area (Å²) in [5, 5.41) is 0. The van der Waals surface area contributed by atoms with Gasteiger partial charge in [0, 0.05) is 0 Å². The minimum Gasteiger partial charge on any atom is -0.0625 e. The van der Waals surface area contributed by atoms with Crippen molar-refractivity contribution in [3.63, 3.8) is 0 Å². The highest BCUT2D eigenvalue weighted by Gasteiger charge is 2.47. The van der Waals surface area contributed by atoms with Crippen molar-refractivity contribution in [3.8, 4) is 0 Å². The van der Waals surface area contributed by atoms with Gasteiger partial charge in [0.05, 0.1) is 0 Å². The molecule has 0 aliphatic heterocycles. The van der Waals surface area contributed by atoms with E-state index in [0.717, 1.165) is 35.5 Å². The molecule has 0 heterocycles. The minimum absolute atomic E-state index is 0.915. The van der Waals surface area contributed by atoms with Crippen molar-refractivity contribution in [1.29, 1.82) is 0 Å². The summed E-state index contributed by atoms with van der Waals surface area (Å²) in [4.78, 5) is 0. The molecular weight excluding hydrogens is 156 g/mol. The summed E-state index contributed by atoms with van der Waals surface area (Å²) in [6.07, 6.45) is 4.66. The fourth-order valence-corrected chi connectivity index (χ4v) is 3.94. The van der Waals surface area contributed by atoms with Crippen molar-refractivity contribution in [3.05, 3.63) is 0 Å². The van der Waals surface area contributed by atoms with Crippen LogP contribution in [0.4, 0.5) is 0 Å². The van der Waals surface area contributed by atoms with Crippen LogP contribution in [0.1, 0.15) is 47.0 Å². The van der Waals surface area contributed by atoms with Gasteiger partial charge in [-0.3, -0.25) is 0 Å². The molecule has 3 aliphatic rings. The van der Waals surface area contributed by atoms with Crippen molar-refractivity contribution in [2.45, 2.75) is 47.0 Å². The second kappa shape index (κ2) is 3.29. The molecule has 0 nitrogen and oxygen atoms in total. The zero-order valence-electron chi connectivity index (χ0n) is 9.59. The zero-order valence-corrected chi connectivity index (χ0v) is 9.59. The second-order valence-electron chi connectivity index (χ2n) is 6.06. The molecule has 2 bridgehead atoms. The van der Waals surface area contributed by atoms with Gasteiger partial charge in [-0.15, -0.1) is 0 Å². The molecule has 0 aromatic carbocycles. The van der Waals surface area contributed by atoms with Gasteiger partial charge < -0.3 is 0 Å². The fourth-order valence-electron chi connectivity index (χ4n) is 3.94. The Labute approximate surface area is 83.1 Å². The van der Waals surface area contributed by atoms with Crippen LogP contribution in [0.2, 0.25) is 0 Å². The first-order valence-electron chi connectivity index (χ1n) is 6.09. The summed E-state index contributed by atoms with van der Waals surface area (Å²) in [5.41, 5.74) is 0. The van der Waals surface area contributed by atoms with E-state index >= 15 is 0 Å². The van der Waals surface area contributed by atoms with E-state index < -0.39 is 0 Å². The molecule has 0 N–H and O–H groups in total. The van der Waals surface area contributed by atoms with Crippen LogP contribution in [0.5, 0.6) is 0 Å². The average Bonchev–Trinajstić information content (AvgIpc) is 2.01. The van der Waals surface area contributed by atoms with Gasteiger partial charge >= 0.3 is 0 Å². The van der Waals surface area contributed by atoms with Crippen LogP contribution in [0, 0.1) is 35.5 Å². The molecule has 0 amide bonds. The van der Waals surface area contributed by atoms with Crippen molar-refractivity contribution < 1.29 is 0 Å². The standard InChI is InChI=1S/C13H24/c1-8(2)12-7-10-5-11(6-10)13(12)9(3)4/h8-13H,5-7H2,1-4H3/t10?,11?,12-,13-/m1/s1. The highest BCUT2D eigenvalue weighted by atomic mass is 14.5. The second-order valence-corrected chi connectivity index (χ2v) is 6.06. The van der Waals surface area contributed by atoms with Crippen LogP contribution < -0.4 is 0 Å². The average molecular weight is 180 g/mol. The predicted octanol–water partition coefficient (Wildman–Crippen LogP) is 3.96. The van der Waals surface area contributed by atoms with Crippen molar-refractivity contribution in [1.82, 2.24) is 0 Å². The molecule has 2 atom stereocenters. The summed E-state index contributed by atoms with van der Waals surface area (Å²) >= 11 is 0. The molecule has 0 aromatic heterocycles. The summed E-state index contributed by atoms with van der Waals surface area (Å²) in [5.74, 6) is 6.14. The first-order valence-corrected chi connectivity index (χ1v) is 6.09. The topological polar surface area (TPSA) is 0 Å². The summed E-state index contributed by atoms with van der Waals surface area (Å²) < 4.78 is 0. The molecular formula is C13H24. The van der Waals surface area contributed by atoms with Gasteiger partial charge in [0.2, 0.25) is 0 Å². The molecule has 0 unspecified atom stereocenters. The highest BCUT2D eigenvalue weighted by molar-refractivity contribution is 4.96. The van der Waals surface area contributed by atoms with Gasteiger partial charge in [-0.05, 0) is 54.8 Å². The van der Waals surface area contributed by atoms with Crippen LogP contribution in [0.15, 0.2) is 0 Å². The van der Waals surface area contributed by atoms with Gasteiger partial charge in [-0.2, -0.15) is 0 Å². The lowest BCUT2D eigenvalue weighted by Gasteiger charge is -2.54. The van der Waals surface area contributed by atoms with Crippen LogP contribution >= 0.6 is 0 Å². The van der Waals surface area contributed by atoms with Crippen LogP contribution in [-0.2, 0) is 0 Å². The summed E-state index contributed by atoms with van der Waals surface area (Å²) in [7, 11) is 0. The third-order valence-corrected chi connectivity index (χ3v) is 4.54. The molecule has 3 saturated carbocycles. The lowest BCUT2D eigenvalue weighted by atomic mass is 9.51. The van der Waals surface area contributed by atoms with E-state index in [1.807, 2.05) is 0 Å². The maximum atomic E-state index is 2.43. The third kappa shape index (κ3) is 1.53. The Morgan fingerprint density at radius 3 is 1.85 bits per heavy atom. The van der Waals surface area contributed by atoms with Gasteiger partial charge in [0.25, 0.3) is 0 Å². The number of fused-ring (bicyclic) bond motifs is 2. The minimum atomic E-state index is 0.915. The Morgan fingerprint density at radius 2 is 1.46 bits per heavy atom. The van der Waals surface area contributed by atoms with E-state index in [1.165, 1.54) is 6.42 Å². The van der Waals surface area contributed by atoms with Crippen molar-refractivity contribution >= 4 is 0 Å². The van der Waals surface area contributed by atoms with Crippen molar-refractivity contribution in [2.24, 2.45) is 35.5 Å². The molecule has 0 aromatic rings. The fraction of sp³-hybridized carbons (Fsp3) is 1.00. The molecule has 13 heavy (non-hydrogen) atoms. The molecule has 3 fully saturated rings. The van der Waals surface area contributed by atoms with Crippen LogP contribution in [0.3, 0.4) is 0 Å². The number of rotatable bonds is 2. The molecule has 3 rings (SSSR count). The maximum Gasteiger partial charge on any atom is -0.0332 e. The molecule has 76 valence electrons. The van der Waals surface area contributed by atoms with E-state index in [1.54, 1.807) is 12.8 Å². The Balaban J connectivity index is 2.08. The largest absolute Gasteiger partial charge is 0.0625 e. The molecule has 0 saturated heterocycles. The summed E-state index contributed by atoms with van der Waals surface area (Å²) in [6, 6.07) is 0. The van der Waals surface area contributed by atoms with Gasteiger partial charge in [0.1, 0.15) is 0 Å². The van der Waals surface area contributed by atoms with Crippen molar-refractivity contribution in [2.75, 3.05) is 0 Å². The first kappa shape index (κ1) is 9.55. The van der Waals surface area contributed by atoms with Crippen LogP contribution in [0.25, 0.3) is 0 Å². The Kier molecular flexibility index (Phi) is 2.42. The van der Waals surface area contributed by atoms with Crippen LogP contribution in [-0.4, -0.2) is 0 Å². The first-order chi connectivity index (χ1) is 6.09. The van der Waals surface area contributed by atoms with E-state index in [-0.39, 0.29) is 0 Å². The highest BCUT2D eigenvalue weighted by Crippen LogP contribution is 2.55. The normalized spacial score (nSPS) is 43.8. The smallest absolute Gasteiger partial charge is 0.0332 e. The van der Waals surface area contributed by atoms with E-state index in [2.05, 4.69) is 27.7 Å². The Bertz CT molecular complexity index is 174. The number of hydrogen-bond donors (Lipinski definition) is 0. The Hall–Kier alpha value is 0. The van der Waals surface area contributed by atoms with E-state index in [0.29, 0.717) is 0 Å². The van der Waals surface area contributed by atoms with E-state index in [4.69, 9.17) is 0 Å². The SMILES string of the molecule is CC(C)[C@@H]1C2CC(C2)C[C@@H]1C(C)C. The molecule has 3 aliphatic carbocycles. The zero-order chi connectivity index (χ0) is 9.59. The van der Waals surface area contributed by atoms with Gasteiger partial charge in [-0.25, -0.2) is 0 Å². The Morgan fingerprint density at radius 1 is 0.846 bits per heavy atom.